The lowest BCUT2D eigenvalue weighted by Crippen LogP contribution is -2.48. The Bertz CT molecular complexity index is 4270. The summed E-state index contributed by atoms with van der Waals surface area (Å²) in [7, 11) is 3.75. The molecule has 8 heterocycles. The van der Waals surface area contributed by atoms with E-state index in [0.717, 1.165) is 82.7 Å². The molecule has 0 saturated carbocycles. The van der Waals surface area contributed by atoms with E-state index in [4.69, 9.17) is 58.4 Å². The van der Waals surface area contributed by atoms with E-state index in [1.807, 2.05) is 115 Å². The Morgan fingerprint density at radius 3 is 1.57 bits per heavy atom. The Kier molecular flexibility index (Phi) is 18.7. The Morgan fingerprint density at radius 2 is 1.04 bits per heavy atom. The molecule has 6 aromatic carbocycles. The molecule has 6 N–H and O–H groups in total. The van der Waals surface area contributed by atoms with E-state index in [-0.39, 0.29) is 34.5 Å². The second kappa shape index (κ2) is 27.3. The summed E-state index contributed by atoms with van der Waals surface area (Å²) >= 11 is 12.0. The first-order valence-corrected chi connectivity index (χ1v) is 32.1. The van der Waals surface area contributed by atoms with Gasteiger partial charge in [0.05, 0.1) is 28.7 Å². The van der Waals surface area contributed by atoms with Crippen LogP contribution in [0.5, 0.6) is 11.5 Å². The highest BCUT2D eigenvalue weighted by atomic mass is 35.5. The first-order chi connectivity index (χ1) is 45.1. The van der Waals surface area contributed by atoms with E-state index in [1.54, 1.807) is 52.3 Å². The van der Waals surface area contributed by atoms with Crippen molar-refractivity contribution in [3.63, 3.8) is 0 Å². The van der Waals surface area contributed by atoms with E-state index < -0.39 is 5.41 Å². The minimum absolute atomic E-state index is 0.00769. The summed E-state index contributed by atoms with van der Waals surface area (Å²) in [6.07, 6.45) is 5.39. The SMILES string of the molecule is CN(C)C(=N)c1ccc2c(c1)C1(CCN(C(=O)c3ccc(C#Cc4ccccc4)o3)CC1)CO2.NCCc1ccc2c(c1)C1(CCN(C(=O)c3ccc(C#Cc4ccccc4)o3)CC1)CO2.NCc1ccc2c(c1)C1(CCN(C(=O)c3ccc(Cl)c(Cl)c3)CC1)C(=O)N2. The summed E-state index contributed by atoms with van der Waals surface area (Å²) in [6, 6.07) is 49.5. The Hall–Kier alpha value is -9.55. The third-order valence-corrected chi connectivity index (χ3v) is 19.5. The second-order valence-electron chi connectivity index (χ2n) is 24.6. The van der Waals surface area contributed by atoms with Crippen molar-refractivity contribution in [2.75, 3.05) is 78.4 Å². The number of piperidine rings is 3. The van der Waals surface area contributed by atoms with Gasteiger partial charge in [0.1, 0.15) is 17.3 Å². The molecule has 0 atom stereocenters. The van der Waals surface area contributed by atoms with Crippen molar-refractivity contribution in [3.8, 4) is 35.2 Å². The monoisotopic (exact) mass is 1280 g/mol. The van der Waals surface area contributed by atoms with Crippen molar-refractivity contribution in [2.24, 2.45) is 11.5 Å². The van der Waals surface area contributed by atoms with Crippen LogP contribution in [0.3, 0.4) is 0 Å². The normalized spacial score (nSPS) is 16.5. The third-order valence-electron chi connectivity index (χ3n) is 18.8. The number of nitrogens with one attached hydrogen (secondary N) is 2. The van der Waals surface area contributed by atoms with E-state index in [9.17, 15) is 19.2 Å². The van der Waals surface area contributed by atoms with Crippen LogP contribution in [0.2, 0.25) is 10.0 Å². The molecule has 8 aromatic rings. The van der Waals surface area contributed by atoms with Crippen LogP contribution in [0.15, 0.2) is 167 Å². The van der Waals surface area contributed by atoms with E-state index >= 15 is 0 Å². The molecule has 474 valence electrons. The van der Waals surface area contributed by atoms with Crippen LogP contribution in [-0.2, 0) is 34.0 Å². The van der Waals surface area contributed by atoms with Crippen molar-refractivity contribution in [2.45, 2.75) is 67.7 Å². The highest BCUT2D eigenvalue weighted by Crippen LogP contribution is 2.49. The largest absolute Gasteiger partial charge is 0.492 e. The zero-order chi connectivity index (χ0) is 64.9. The quantitative estimate of drug-likeness (QED) is 0.0669. The molecular weight excluding hydrogens is 1210 g/mol. The molecule has 4 amide bonds. The molecule has 3 spiro atoms. The number of nitrogens with two attached hydrogens (primary N) is 2. The number of likely N-dealkylation sites (tertiary alicyclic amines) is 3. The van der Waals surface area contributed by atoms with E-state index in [2.05, 4.69) is 53.3 Å². The maximum atomic E-state index is 13.1. The minimum atomic E-state index is -0.588. The fourth-order valence-corrected chi connectivity index (χ4v) is 13.6. The first kappa shape index (κ1) is 63.6. The molecule has 14 rings (SSSR count). The minimum Gasteiger partial charge on any atom is -0.492 e. The molecule has 16 nitrogen and oxygen atoms in total. The summed E-state index contributed by atoms with van der Waals surface area (Å²) in [4.78, 5) is 58.9. The van der Waals surface area contributed by atoms with Gasteiger partial charge in [-0.25, -0.2) is 0 Å². The van der Waals surface area contributed by atoms with Gasteiger partial charge in [0.25, 0.3) is 17.7 Å². The zero-order valence-corrected chi connectivity index (χ0v) is 53.5. The molecule has 3 saturated heterocycles. The molecule has 0 bridgehead atoms. The van der Waals surface area contributed by atoms with E-state index in [1.165, 1.54) is 11.1 Å². The van der Waals surface area contributed by atoms with Gasteiger partial charge in [0.2, 0.25) is 5.91 Å². The highest BCUT2D eigenvalue weighted by molar-refractivity contribution is 6.42. The van der Waals surface area contributed by atoms with Crippen molar-refractivity contribution < 1.29 is 37.5 Å². The van der Waals surface area contributed by atoms with Gasteiger partial charge in [-0.3, -0.25) is 24.6 Å². The fraction of sp³-hybridized carbons (Fsp3) is 0.293. The van der Waals surface area contributed by atoms with Gasteiger partial charge in [0, 0.05) is 110 Å². The molecule has 18 heteroatoms. The number of anilines is 1. The van der Waals surface area contributed by atoms with Gasteiger partial charge < -0.3 is 54.7 Å². The molecule has 2 aromatic heterocycles. The fourth-order valence-electron chi connectivity index (χ4n) is 13.3. The van der Waals surface area contributed by atoms with Gasteiger partial charge in [0.15, 0.2) is 23.0 Å². The number of carbonyl (C=O) groups excluding carboxylic acids is 4. The van der Waals surface area contributed by atoms with Crippen molar-refractivity contribution in [3.05, 3.63) is 241 Å². The molecule has 3 fully saturated rings. The number of rotatable bonds is 7. The van der Waals surface area contributed by atoms with Gasteiger partial charge in [-0.2, -0.15) is 0 Å². The molecule has 6 aliphatic rings. The van der Waals surface area contributed by atoms with E-state index in [0.29, 0.717) is 123 Å². The van der Waals surface area contributed by atoms with Crippen LogP contribution in [0.4, 0.5) is 5.69 Å². The number of nitrogens with zero attached hydrogens (tertiary/aromatic N) is 4. The standard InChI is InChI=1S/C28H27N3O3.C27H26N2O3.C20H19Cl2N3O2/c1-30(2)26(29)21-9-12-24-23(18-21)28(19-33-24)14-16-31(17-15-28)27(32)25-13-11-22(34-25)10-8-20-6-4-3-5-7-20;28-15-12-21-7-10-24-23(18-21)27(19-31-24)13-16-29(17-14-27)26(30)25-11-9-22(32-25)8-6-20-4-2-1-3-5-20;21-15-3-2-13(10-16(15)22)18(26)25-7-5-20(6-8-25)14-9-12(11-23)1-4-17(14)24-19(20)27/h3-7,9,11-13,18,29H,14-17,19H2,1-2H3;1-5,7,9-11,18H,12-17,19,28H2;1-4,9-10H,5-8,11,23H2,(H,24,27). The number of ether oxygens (including phenoxy) is 2. The number of furan rings is 2. The number of amides is 4. The summed E-state index contributed by atoms with van der Waals surface area (Å²) in [6.45, 7) is 5.96. The maximum absolute atomic E-state index is 13.1. The number of carbonyl (C=O) groups is 4. The summed E-state index contributed by atoms with van der Waals surface area (Å²) in [5.74, 6) is 15.8. The Morgan fingerprint density at radius 1 is 0.548 bits per heavy atom. The van der Waals surface area contributed by atoms with Gasteiger partial charge >= 0.3 is 0 Å². The summed E-state index contributed by atoms with van der Waals surface area (Å²) < 4.78 is 23.5. The molecule has 0 aliphatic carbocycles. The topological polar surface area (TPSA) is 214 Å². The predicted molar refractivity (Wildman–Crippen MR) is 359 cm³/mol. The molecule has 0 unspecified atom stereocenters. The maximum Gasteiger partial charge on any atom is 0.289 e. The molecular formula is C75H72Cl2N8O8. The first-order valence-electron chi connectivity index (χ1n) is 31.4. The van der Waals surface area contributed by atoms with Crippen LogP contribution in [0.1, 0.15) is 126 Å². The van der Waals surface area contributed by atoms with Gasteiger partial charge in [-0.1, -0.05) is 95.7 Å². The van der Waals surface area contributed by atoms with Crippen LogP contribution in [-0.4, -0.2) is 122 Å². The number of amidine groups is 1. The highest BCUT2D eigenvalue weighted by Gasteiger charge is 2.50. The average Bonchev–Trinajstić information content (AvgIpc) is 1.63. The predicted octanol–water partition coefficient (Wildman–Crippen LogP) is 11.5. The number of hydrogen-bond donors (Lipinski definition) is 4. The Labute approximate surface area is 551 Å². The Balaban J connectivity index is 0.000000135. The lowest BCUT2D eigenvalue weighted by Gasteiger charge is -2.38. The molecule has 93 heavy (non-hydrogen) atoms. The van der Waals surface area contributed by atoms with Gasteiger partial charge in [-0.15, -0.1) is 0 Å². The zero-order valence-electron chi connectivity index (χ0n) is 52.0. The van der Waals surface area contributed by atoms with Crippen LogP contribution in [0.25, 0.3) is 0 Å². The lowest BCUT2D eigenvalue weighted by molar-refractivity contribution is -0.122. The van der Waals surface area contributed by atoms with Crippen molar-refractivity contribution in [1.82, 2.24) is 19.6 Å². The average molecular weight is 1280 g/mol. The number of hydrogen-bond acceptors (Lipinski definition) is 11. The summed E-state index contributed by atoms with van der Waals surface area (Å²) in [5.41, 5.74) is 20.5. The second-order valence-corrected chi connectivity index (χ2v) is 25.5. The number of benzene rings is 6. The van der Waals surface area contributed by atoms with Crippen LogP contribution < -0.4 is 26.3 Å². The molecule has 0 radical (unpaired) electrons. The van der Waals surface area contributed by atoms with Gasteiger partial charge in [-0.05, 0) is 177 Å². The van der Waals surface area contributed by atoms with Crippen molar-refractivity contribution in [1.29, 1.82) is 5.41 Å². The van der Waals surface area contributed by atoms with Crippen molar-refractivity contribution >= 4 is 58.4 Å². The number of halogens is 2. The molecule has 6 aliphatic heterocycles. The smallest absolute Gasteiger partial charge is 0.289 e. The van der Waals surface area contributed by atoms with Crippen LogP contribution in [0, 0.1) is 29.1 Å². The number of fused-ring (bicyclic) bond motifs is 6. The summed E-state index contributed by atoms with van der Waals surface area (Å²) in [5, 5.41) is 12.1. The third kappa shape index (κ3) is 13.4. The lowest BCUT2D eigenvalue weighted by atomic mass is 9.73. The van der Waals surface area contributed by atoms with Crippen LogP contribution >= 0.6 is 23.2 Å².